The fourth-order valence-corrected chi connectivity index (χ4v) is 4.40. The predicted octanol–water partition coefficient (Wildman–Crippen LogP) is 2.88. The highest BCUT2D eigenvalue weighted by molar-refractivity contribution is 7.90. The number of hydrogen-bond acceptors (Lipinski definition) is 4. The van der Waals surface area contributed by atoms with E-state index < -0.39 is 17.9 Å². The van der Waals surface area contributed by atoms with Gasteiger partial charge in [0.2, 0.25) is 0 Å². The Labute approximate surface area is 125 Å². The van der Waals surface area contributed by atoms with E-state index in [9.17, 15) is 13.0 Å². The molecule has 6 nitrogen and oxygen atoms in total. The van der Waals surface area contributed by atoms with Gasteiger partial charge in [0.25, 0.3) is 0 Å². The lowest BCUT2D eigenvalue weighted by Gasteiger charge is -2.25. The van der Waals surface area contributed by atoms with Crippen LogP contribution in [0, 0.1) is 11.8 Å². The zero-order valence-electron chi connectivity index (χ0n) is 12.4. The van der Waals surface area contributed by atoms with E-state index in [1.165, 1.54) is 12.1 Å². The molecule has 0 radical (unpaired) electrons. The molecule has 1 aromatic carbocycles. The van der Waals surface area contributed by atoms with Crippen molar-refractivity contribution in [3.63, 3.8) is 0 Å². The van der Waals surface area contributed by atoms with Crippen LogP contribution >= 0.6 is 7.82 Å². The minimum atomic E-state index is -5.10. The third-order valence-electron chi connectivity index (χ3n) is 3.19. The van der Waals surface area contributed by atoms with Crippen LogP contribution in [0.2, 0.25) is 0 Å². The standard InChI is InChI=1S/C13H21O6PS/c1-9(2)13(10(3)4)11-5-7-12(8-6-11)21(17,18)19-20(14,15)16/h5-10,13H,1-4H3,(H2,14,15,16). The van der Waals surface area contributed by atoms with Crippen molar-refractivity contribution in [2.75, 3.05) is 0 Å². The van der Waals surface area contributed by atoms with Crippen molar-refractivity contribution in [1.29, 1.82) is 0 Å². The minimum absolute atomic E-state index is 0.268. The molecule has 0 fully saturated rings. The topological polar surface area (TPSA) is 101 Å². The molecule has 8 heteroatoms. The van der Waals surface area contributed by atoms with Crippen molar-refractivity contribution in [3.8, 4) is 0 Å². The van der Waals surface area contributed by atoms with Crippen molar-refractivity contribution in [1.82, 2.24) is 0 Å². The van der Waals surface area contributed by atoms with E-state index >= 15 is 0 Å². The van der Waals surface area contributed by atoms with E-state index in [2.05, 4.69) is 31.7 Å². The predicted molar refractivity (Wildman–Crippen MR) is 79.2 cm³/mol. The molecule has 120 valence electrons. The Balaban J connectivity index is 3.10. The summed E-state index contributed by atoms with van der Waals surface area (Å²) in [5, 5.41) is 0. The van der Waals surface area contributed by atoms with Gasteiger partial charge < -0.3 is 9.79 Å². The molecular formula is C13H21O6PS. The van der Waals surface area contributed by atoms with Gasteiger partial charge in [-0.3, -0.25) is 0 Å². The Kier molecular flexibility index (Phi) is 5.75. The molecule has 0 aliphatic rings. The Bertz CT molecular complexity index is 607. The second-order valence-corrected chi connectivity index (χ2v) is 8.56. The second-order valence-electron chi connectivity index (χ2n) is 5.60. The first kappa shape index (κ1) is 18.3. The zero-order chi connectivity index (χ0) is 16.4. The molecule has 21 heavy (non-hydrogen) atoms. The maximum Gasteiger partial charge on any atom is 0.484 e. The normalized spacial score (nSPS) is 13.4. The first-order valence-electron chi connectivity index (χ1n) is 6.56. The lowest BCUT2D eigenvalue weighted by molar-refractivity contribution is 0.285. The second kappa shape index (κ2) is 6.58. The highest BCUT2D eigenvalue weighted by atomic mass is 32.2. The minimum Gasteiger partial charge on any atom is -0.302 e. The molecule has 0 saturated heterocycles. The Hall–Kier alpha value is -0.720. The van der Waals surface area contributed by atoms with E-state index in [0.29, 0.717) is 11.8 Å². The summed E-state index contributed by atoms with van der Waals surface area (Å²) in [5.41, 5.74) is 0.982. The van der Waals surface area contributed by atoms with Crippen LogP contribution < -0.4 is 0 Å². The van der Waals surface area contributed by atoms with Gasteiger partial charge >= 0.3 is 17.9 Å². The van der Waals surface area contributed by atoms with Crippen LogP contribution in [0.3, 0.4) is 0 Å². The van der Waals surface area contributed by atoms with Crippen molar-refractivity contribution < 1.29 is 26.7 Å². The van der Waals surface area contributed by atoms with Gasteiger partial charge in [0.1, 0.15) is 0 Å². The summed E-state index contributed by atoms with van der Waals surface area (Å²) in [7, 11) is -9.57. The number of phosphoric acid groups is 1. The summed E-state index contributed by atoms with van der Waals surface area (Å²) in [6, 6.07) is 5.91. The first-order valence-corrected chi connectivity index (χ1v) is 9.49. The third-order valence-corrected chi connectivity index (χ3v) is 5.60. The van der Waals surface area contributed by atoms with Gasteiger partial charge in [-0.15, -0.1) is 0 Å². The average Bonchev–Trinajstić information content (AvgIpc) is 2.25. The zero-order valence-corrected chi connectivity index (χ0v) is 14.1. The summed E-state index contributed by atoms with van der Waals surface area (Å²) in [6.45, 7) is 8.36. The molecular weight excluding hydrogens is 315 g/mol. The van der Waals surface area contributed by atoms with Crippen LogP contribution in [-0.2, 0) is 18.7 Å². The van der Waals surface area contributed by atoms with Crippen molar-refractivity contribution in [3.05, 3.63) is 29.8 Å². The molecule has 0 heterocycles. The fraction of sp³-hybridized carbons (Fsp3) is 0.538. The van der Waals surface area contributed by atoms with Crippen molar-refractivity contribution in [2.45, 2.75) is 38.5 Å². The molecule has 0 amide bonds. The summed E-state index contributed by atoms with van der Waals surface area (Å²) >= 11 is 0. The van der Waals surface area contributed by atoms with E-state index in [-0.39, 0.29) is 10.8 Å². The summed E-state index contributed by atoms with van der Waals surface area (Å²) in [6.07, 6.45) is 0. The van der Waals surface area contributed by atoms with E-state index in [4.69, 9.17) is 9.79 Å². The Morgan fingerprint density at radius 3 is 1.76 bits per heavy atom. The quantitative estimate of drug-likeness (QED) is 0.775. The third kappa shape index (κ3) is 5.20. The SMILES string of the molecule is CC(C)C(c1ccc(S(=O)(=O)OP(=O)(O)O)cc1)C(C)C. The molecule has 0 bridgehead atoms. The lowest BCUT2D eigenvalue weighted by Crippen LogP contribution is -2.13. The number of hydrogen-bond donors (Lipinski definition) is 2. The largest absolute Gasteiger partial charge is 0.484 e. The van der Waals surface area contributed by atoms with Crippen LogP contribution in [0.25, 0.3) is 0 Å². The summed E-state index contributed by atoms with van der Waals surface area (Å²) in [4.78, 5) is 16.9. The molecule has 0 unspecified atom stereocenters. The lowest BCUT2D eigenvalue weighted by atomic mass is 9.80. The highest BCUT2D eigenvalue weighted by Gasteiger charge is 2.28. The van der Waals surface area contributed by atoms with Crippen LogP contribution in [-0.4, -0.2) is 18.2 Å². The highest BCUT2D eigenvalue weighted by Crippen LogP contribution is 2.40. The smallest absolute Gasteiger partial charge is 0.302 e. The van der Waals surface area contributed by atoms with Crippen molar-refractivity contribution in [2.24, 2.45) is 11.8 Å². The summed E-state index contributed by atoms with van der Waals surface area (Å²) in [5.74, 6) is 1.04. The molecule has 0 atom stereocenters. The van der Waals surface area contributed by atoms with E-state index in [1.807, 2.05) is 0 Å². The molecule has 0 aliphatic heterocycles. The van der Waals surface area contributed by atoms with Crippen LogP contribution in [0.1, 0.15) is 39.2 Å². The molecule has 0 aliphatic carbocycles. The molecule has 0 saturated carbocycles. The monoisotopic (exact) mass is 336 g/mol. The van der Waals surface area contributed by atoms with Crippen molar-refractivity contribution >= 4 is 17.9 Å². The van der Waals surface area contributed by atoms with E-state index in [0.717, 1.165) is 5.56 Å². The van der Waals surface area contributed by atoms with Gasteiger partial charge in [-0.1, -0.05) is 39.8 Å². The average molecular weight is 336 g/mol. The fourth-order valence-electron chi connectivity index (χ4n) is 2.57. The van der Waals surface area contributed by atoms with Gasteiger partial charge in [0.15, 0.2) is 0 Å². The molecule has 2 N–H and O–H groups in total. The van der Waals surface area contributed by atoms with Gasteiger partial charge in [-0.2, -0.15) is 12.4 Å². The van der Waals surface area contributed by atoms with Crippen LogP contribution in [0.5, 0.6) is 0 Å². The van der Waals surface area contributed by atoms with Gasteiger partial charge in [-0.05, 0) is 35.4 Å². The number of benzene rings is 1. The Morgan fingerprint density at radius 2 is 1.43 bits per heavy atom. The maximum atomic E-state index is 11.7. The van der Waals surface area contributed by atoms with Gasteiger partial charge in [-0.25, -0.2) is 4.57 Å². The molecule has 1 aromatic rings. The molecule has 0 aromatic heterocycles. The Morgan fingerprint density at radius 1 is 1.00 bits per heavy atom. The first-order chi connectivity index (χ1) is 9.44. The van der Waals surface area contributed by atoms with Gasteiger partial charge in [0.05, 0.1) is 4.90 Å². The molecule has 1 rings (SSSR count). The maximum absolute atomic E-state index is 11.7. The molecule has 0 spiro atoms. The van der Waals surface area contributed by atoms with Crippen LogP contribution in [0.15, 0.2) is 29.2 Å². The van der Waals surface area contributed by atoms with Crippen LogP contribution in [0.4, 0.5) is 0 Å². The summed E-state index contributed by atoms with van der Waals surface area (Å²) < 4.78 is 37.9. The van der Waals surface area contributed by atoms with Gasteiger partial charge in [0, 0.05) is 0 Å². The number of rotatable bonds is 6. The van der Waals surface area contributed by atoms with E-state index in [1.54, 1.807) is 12.1 Å².